The van der Waals surface area contributed by atoms with E-state index in [1.807, 2.05) is 0 Å². The first-order valence-electron chi connectivity index (χ1n) is 9.10. The summed E-state index contributed by atoms with van der Waals surface area (Å²) in [6, 6.07) is 8.66. The molecule has 2 aromatic carbocycles. The lowest BCUT2D eigenvalue weighted by molar-refractivity contribution is -0.136. The van der Waals surface area contributed by atoms with Gasteiger partial charge in [0.15, 0.2) is 6.61 Å². The topological polar surface area (TPSA) is 113 Å². The Kier molecular flexibility index (Phi) is 8.31. The molecule has 32 heavy (non-hydrogen) atoms. The van der Waals surface area contributed by atoms with Crippen molar-refractivity contribution in [2.45, 2.75) is 4.90 Å². The van der Waals surface area contributed by atoms with Gasteiger partial charge in [-0.3, -0.25) is 9.59 Å². The second kappa shape index (κ2) is 10.5. The Bertz CT molecular complexity index is 1120. The summed E-state index contributed by atoms with van der Waals surface area (Å²) in [7, 11) is 0.0746. The monoisotopic (exact) mass is 485 g/mol. The molecule has 0 bridgehead atoms. The van der Waals surface area contributed by atoms with E-state index in [1.54, 1.807) is 0 Å². The molecule has 0 fully saturated rings. The number of carbonyl (C=O) groups excluding carboxylic acids is 3. The number of hydrogen-bond donors (Lipinski definition) is 1. The summed E-state index contributed by atoms with van der Waals surface area (Å²) in [5.41, 5.74) is 0.245. The zero-order chi connectivity index (χ0) is 24.1. The first kappa shape index (κ1) is 25.2. The van der Waals surface area contributed by atoms with Crippen molar-refractivity contribution in [1.29, 1.82) is 0 Å². The van der Waals surface area contributed by atoms with Crippen LogP contribution in [0.5, 0.6) is 0 Å². The molecule has 2 rings (SSSR count). The molecule has 9 nitrogen and oxygen atoms in total. The highest BCUT2D eigenvalue weighted by Gasteiger charge is 2.23. The SMILES string of the molecule is CN(CC(=O)Nc1ccc(F)cc1)C(=O)COC(=O)c1ccc(Cl)c(S(=O)(=O)N(C)C)c1. The van der Waals surface area contributed by atoms with Crippen molar-refractivity contribution < 1.29 is 31.9 Å². The third kappa shape index (κ3) is 6.49. The molecule has 0 atom stereocenters. The molecule has 1 N–H and O–H groups in total. The molecule has 172 valence electrons. The number of anilines is 1. The number of sulfonamides is 1. The van der Waals surface area contributed by atoms with Crippen LogP contribution in [0.3, 0.4) is 0 Å². The Balaban J connectivity index is 1.95. The van der Waals surface area contributed by atoms with Crippen LogP contribution >= 0.6 is 11.6 Å². The maximum absolute atomic E-state index is 12.9. The zero-order valence-corrected chi connectivity index (χ0v) is 19.0. The quantitative estimate of drug-likeness (QED) is 0.572. The van der Waals surface area contributed by atoms with Gasteiger partial charge in [-0.25, -0.2) is 21.9 Å². The number of benzene rings is 2. The van der Waals surface area contributed by atoms with Crippen molar-refractivity contribution >= 4 is 45.1 Å². The second-order valence-electron chi connectivity index (χ2n) is 6.81. The van der Waals surface area contributed by atoms with Crippen LogP contribution in [-0.4, -0.2) is 69.7 Å². The van der Waals surface area contributed by atoms with Crippen LogP contribution in [-0.2, 0) is 24.3 Å². The summed E-state index contributed by atoms with van der Waals surface area (Å²) in [5.74, 6) is -2.59. The highest BCUT2D eigenvalue weighted by Crippen LogP contribution is 2.25. The van der Waals surface area contributed by atoms with Crippen molar-refractivity contribution in [2.75, 3.05) is 39.6 Å². The number of carbonyl (C=O) groups is 3. The predicted octanol–water partition coefficient (Wildman–Crippen LogP) is 1.98. The fourth-order valence-corrected chi connectivity index (χ4v) is 3.78. The average molecular weight is 486 g/mol. The number of nitrogens with one attached hydrogen (secondary N) is 1. The number of hydrogen-bond acceptors (Lipinski definition) is 6. The van der Waals surface area contributed by atoms with Crippen LogP contribution in [0.25, 0.3) is 0 Å². The summed E-state index contributed by atoms with van der Waals surface area (Å²) in [5, 5.41) is 2.43. The minimum Gasteiger partial charge on any atom is -0.452 e. The molecular formula is C20H21ClFN3O6S. The Morgan fingerprint density at radius 3 is 2.28 bits per heavy atom. The number of likely N-dealkylation sites (N-methyl/N-ethyl adjacent to an activating group) is 1. The number of ether oxygens (including phenoxy) is 1. The van der Waals surface area contributed by atoms with Crippen molar-refractivity contribution in [1.82, 2.24) is 9.21 Å². The largest absolute Gasteiger partial charge is 0.452 e. The van der Waals surface area contributed by atoms with E-state index in [1.165, 1.54) is 57.5 Å². The maximum atomic E-state index is 12.9. The minimum absolute atomic E-state index is 0.0711. The van der Waals surface area contributed by atoms with Gasteiger partial charge >= 0.3 is 5.97 Å². The summed E-state index contributed by atoms with van der Waals surface area (Å²) < 4.78 is 43.4. The van der Waals surface area contributed by atoms with E-state index < -0.39 is 40.2 Å². The van der Waals surface area contributed by atoms with Gasteiger partial charge in [0.1, 0.15) is 10.7 Å². The number of amides is 2. The molecule has 0 heterocycles. The maximum Gasteiger partial charge on any atom is 0.338 e. The van der Waals surface area contributed by atoms with E-state index in [9.17, 15) is 27.2 Å². The summed E-state index contributed by atoms with van der Waals surface area (Å²) in [4.78, 5) is 37.2. The van der Waals surface area contributed by atoms with Gasteiger partial charge in [-0.2, -0.15) is 0 Å². The predicted molar refractivity (Wildman–Crippen MR) is 115 cm³/mol. The fraction of sp³-hybridized carbons (Fsp3) is 0.250. The van der Waals surface area contributed by atoms with Crippen molar-refractivity contribution in [3.63, 3.8) is 0 Å². The highest BCUT2D eigenvalue weighted by atomic mass is 35.5. The second-order valence-corrected chi connectivity index (χ2v) is 9.34. The van der Waals surface area contributed by atoms with Gasteiger partial charge in [0.05, 0.1) is 17.1 Å². The summed E-state index contributed by atoms with van der Waals surface area (Å²) >= 11 is 5.94. The Labute approximate surface area is 189 Å². The third-order valence-corrected chi connectivity index (χ3v) is 6.48. The average Bonchev–Trinajstić information content (AvgIpc) is 2.73. The molecule has 2 aromatic rings. The van der Waals surface area contributed by atoms with Crippen LogP contribution < -0.4 is 5.32 Å². The fourth-order valence-electron chi connectivity index (χ4n) is 2.38. The third-order valence-electron chi connectivity index (χ3n) is 4.19. The van der Waals surface area contributed by atoms with E-state index >= 15 is 0 Å². The molecule has 0 saturated heterocycles. The van der Waals surface area contributed by atoms with Gasteiger partial charge in [0, 0.05) is 26.8 Å². The number of nitrogens with zero attached hydrogens (tertiary/aromatic N) is 2. The summed E-state index contributed by atoms with van der Waals surface area (Å²) in [6.07, 6.45) is 0. The van der Waals surface area contributed by atoms with Crippen molar-refractivity contribution in [3.05, 3.63) is 58.9 Å². The molecule has 0 aliphatic heterocycles. The van der Waals surface area contributed by atoms with Crippen LogP contribution in [0.15, 0.2) is 47.4 Å². The van der Waals surface area contributed by atoms with Gasteiger partial charge in [0.25, 0.3) is 5.91 Å². The lowest BCUT2D eigenvalue weighted by Crippen LogP contribution is -2.37. The molecule has 0 unspecified atom stereocenters. The normalized spacial score (nSPS) is 11.2. The van der Waals surface area contributed by atoms with E-state index in [0.29, 0.717) is 5.69 Å². The molecule has 2 amide bonds. The Morgan fingerprint density at radius 2 is 1.69 bits per heavy atom. The lowest BCUT2D eigenvalue weighted by Gasteiger charge is -2.17. The Hall–Kier alpha value is -3.02. The number of esters is 1. The first-order chi connectivity index (χ1) is 14.9. The van der Waals surface area contributed by atoms with Crippen molar-refractivity contribution in [3.8, 4) is 0 Å². The van der Waals surface area contributed by atoms with E-state index in [4.69, 9.17) is 16.3 Å². The van der Waals surface area contributed by atoms with Gasteiger partial charge in [-0.1, -0.05) is 11.6 Å². The van der Waals surface area contributed by atoms with Crippen molar-refractivity contribution in [2.24, 2.45) is 0 Å². The smallest absolute Gasteiger partial charge is 0.338 e. The molecule has 0 aliphatic carbocycles. The number of rotatable bonds is 8. The molecule has 0 saturated carbocycles. The molecule has 0 aliphatic rings. The first-order valence-corrected chi connectivity index (χ1v) is 10.9. The van der Waals surface area contributed by atoms with Gasteiger partial charge in [0.2, 0.25) is 15.9 Å². The molecular weight excluding hydrogens is 465 g/mol. The molecule has 0 spiro atoms. The summed E-state index contributed by atoms with van der Waals surface area (Å²) in [6.45, 7) is -1.00. The van der Waals surface area contributed by atoms with Gasteiger partial charge in [-0.05, 0) is 42.5 Å². The lowest BCUT2D eigenvalue weighted by atomic mass is 10.2. The van der Waals surface area contributed by atoms with Gasteiger partial charge < -0.3 is 15.0 Å². The molecule has 0 aromatic heterocycles. The standard InChI is InChI=1S/C20H21ClFN3O6S/c1-24(2)32(29,30)17-10-13(4-9-16(17)21)20(28)31-12-19(27)25(3)11-18(26)23-15-7-5-14(22)6-8-15/h4-10H,11-12H2,1-3H3,(H,23,26). The Morgan fingerprint density at radius 1 is 1.06 bits per heavy atom. The number of halogens is 2. The van der Waals surface area contributed by atoms with E-state index in [2.05, 4.69) is 5.32 Å². The van der Waals surface area contributed by atoms with E-state index in [-0.39, 0.29) is 22.0 Å². The van der Waals surface area contributed by atoms with Gasteiger partial charge in [-0.15, -0.1) is 0 Å². The van der Waals surface area contributed by atoms with Crippen LogP contribution in [0.1, 0.15) is 10.4 Å². The van der Waals surface area contributed by atoms with Crippen LogP contribution in [0, 0.1) is 5.82 Å². The minimum atomic E-state index is -3.90. The molecule has 12 heteroatoms. The van der Waals surface area contributed by atoms with E-state index in [0.717, 1.165) is 15.3 Å². The highest BCUT2D eigenvalue weighted by molar-refractivity contribution is 7.89. The van der Waals surface area contributed by atoms with Crippen LogP contribution in [0.4, 0.5) is 10.1 Å². The zero-order valence-electron chi connectivity index (χ0n) is 17.5. The molecule has 0 radical (unpaired) electrons. The van der Waals surface area contributed by atoms with Crippen LogP contribution in [0.2, 0.25) is 5.02 Å².